The molecule has 156 valence electrons. The van der Waals surface area contributed by atoms with E-state index in [4.69, 9.17) is 5.11 Å². The van der Waals surface area contributed by atoms with Gasteiger partial charge in [0.2, 0.25) is 5.95 Å². The van der Waals surface area contributed by atoms with Gasteiger partial charge in [-0.05, 0) is 42.5 Å². The van der Waals surface area contributed by atoms with Crippen molar-refractivity contribution in [2.24, 2.45) is 0 Å². The molecule has 1 fully saturated rings. The zero-order valence-corrected chi connectivity index (χ0v) is 17.0. The highest BCUT2D eigenvalue weighted by Crippen LogP contribution is 2.35. The molecule has 8 heteroatoms. The van der Waals surface area contributed by atoms with E-state index in [-0.39, 0.29) is 12.4 Å². The molecule has 0 spiro atoms. The molecule has 1 aromatic heterocycles. The minimum absolute atomic E-state index is 0.0278. The zero-order chi connectivity index (χ0) is 21.1. The maximum atomic E-state index is 13.2. The minimum atomic E-state index is -0.244. The molecule has 1 aromatic carbocycles. The third-order valence-corrected chi connectivity index (χ3v) is 5.53. The quantitative estimate of drug-likeness (QED) is 0.728. The number of rotatable bonds is 7. The second kappa shape index (κ2) is 8.67. The van der Waals surface area contributed by atoms with Crippen molar-refractivity contribution in [3.8, 4) is 6.07 Å². The lowest BCUT2D eigenvalue weighted by molar-refractivity contribution is 0.311. The van der Waals surface area contributed by atoms with Gasteiger partial charge in [0.1, 0.15) is 17.4 Å². The summed E-state index contributed by atoms with van der Waals surface area (Å²) in [5, 5.41) is 22.1. The molecule has 2 heterocycles. The molecule has 4 rings (SSSR count). The molecular formula is C22H25FN6O. The zero-order valence-electron chi connectivity index (χ0n) is 17.0. The van der Waals surface area contributed by atoms with Crippen molar-refractivity contribution in [3.63, 3.8) is 0 Å². The van der Waals surface area contributed by atoms with Crippen molar-refractivity contribution in [2.45, 2.75) is 25.3 Å². The number of hydrogen-bond acceptors (Lipinski definition) is 7. The summed E-state index contributed by atoms with van der Waals surface area (Å²) in [5.41, 5.74) is 2.64. The highest BCUT2D eigenvalue weighted by Gasteiger charge is 2.31. The van der Waals surface area contributed by atoms with Crippen molar-refractivity contribution < 1.29 is 9.50 Å². The Labute approximate surface area is 175 Å². The average Bonchev–Trinajstić information content (AvgIpc) is 3.62. The number of nitrogens with zero attached hydrogens (tertiary/aromatic N) is 5. The largest absolute Gasteiger partial charge is 0.395 e. The molecule has 30 heavy (non-hydrogen) atoms. The first-order valence-electron chi connectivity index (χ1n) is 10.2. The Bertz CT molecular complexity index is 980. The van der Waals surface area contributed by atoms with Gasteiger partial charge in [-0.15, -0.1) is 0 Å². The van der Waals surface area contributed by atoms with Gasteiger partial charge in [0.25, 0.3) is 0 Å². The summed E-state index contributed by atoms with van der Waals surface area (Å²) in [7, 11) is 1.96. The van der Waals surface area contributed by atoms with Crippen molar-refractivity contribution in [3.05, 3.63) is 47.3 Å². The van der Waals surface area contributed by atoms with E-state index in [0.717, 1.165) is 30.4 Å². The molecular weight excluding hydrogens is 383 g/mol. The monoisotopic (exact) mass is 408 g/mol. The van der Waals surface area contributed by atoms with Crippen LogP contribution >= 0.6 is 0 Å². The maximum Gasteiger partial charge on any atom is 0.226 e. The molecule has 2 N–H and O–H groups in total. The van der Waals surface area contributed by atoms with E-state index in [1.807, 2.05) is 7.05 Å². The van der Waals surface area contributed by atoms with Crippen LogP contribution in [0.25, 0.3) is 5.57 Å². The molecule has 7 nitrogen and oxygen atoms in total. The predicted molar refractivity (Wildman–Crippen MR) is 115 cm³/mol. The number of nitriles is 1. The van der Waals surface area contributed by atoms with Gasteiger partial charge in [0.15, 0.2) is 11.6 Å². The van der Waals surface area contributed by atoms with Crippen LogP contribution in [0.2, 0.25) is 0 Å². The first kappa shape index (κ1) is 20.1. The Balaban J connectivity index is 1.64. The molecule has 0 amide bonds. The van der Waals surface area contributed by atoms with Gasteiger partial charge in [0, 0.05) is 32.7 Å². The number of anilines is 3. The van der Waals surface area contributed by atoms with Gasteiger partial charge in [-0.1, -0.05) is 18.2 Å². The standard InChI is InChI=1S/C22H25FN6O/c1-28(18-6-7-18)20-19(14-24)21(27-22(26-20)25-10-13-30)29-11-8-16(9-12-29)15-2-4-17(23)5-3-15/h2-5,8,18,30H,6-7,9-13H2,1H3,(H,25,26,27). The smallest absolute Gasteiger partial charge is 0.226 e. The number of aromatic nitrogens is 2. The Kier molecular flexibility index (Phi) is 5.81. The molecule has 0 saturated heterocycles. The van der Waals surface area contributed by atoms with Gasteiger partial charge in [-0.2, -0.15) is 15.2 Å². The van der Waals surface area contributed by atoms with Gasteiger partial charge in [-0.3, -0.25) is 0 Å². The SMILES string of the molecule is CN(c1nc(NCCO)nc(N2CC=C(c3ccc(F)cc3)CC2)c1C#N)C1CC1. The van der Waals surface area contributed by atoms with Crippen molar-refractivity contribution in [1.82, 2.24) is 9.97 Å². The van der Waals surface area contributed by atoms with Gasteiger partial charge >= 0.3 is 0 Å². The summed E-state index contributed by atoms with van der Waals surface area (Å²) >= 11 is 0. The molecule has 1 saturated carbocycles. The number of aliphatic hydroxyl groups is 1. The van der Waals surface area contributed by atoms with E-state index in [0.29, 0.717) is 48.8 Å². The lowest BCUT2D eigenvalue weighted by atomic mass is 9.99. The summed E-state index contributed by atoms with van der Waals surface area (Å²) in [4.78, 5) is 13.3. The third kappa shape index (κ3) is 4.21. The molecule has 0 unspecified atom stereocenters. The Morgan fingerprint density at radius 1 is 1.30 bits per heavy atom. The topological polar surface area (TPSA) is 88.3 Å². The fourth-order valence-corrected chi connectivity index (χ4v) is 3.69. The normalized spacial score (nSPS) is 16.1. The number of benzene rings is 1. The molecule has 0 bridgehead atoms. The maximum absolute atomic E-state index is 13.2. The molecule has 2 aromatic rings. The first-order valence-corrected chi connectivity index (χ1v) is 10.2. The average molecular weight is 408 g/mol. The Morgan fingerprint density at radius 2 is 2.07 bits per heavy atom. The van der Waals surface area contributed by atoms with Crippen molar-refractivity contribution in [1.29, 1.82) is 5.26 Å². The van der Waals surface area contributed by atoms with Gasteiger partial charge in [-0.25, -0.2) is 4.39 Å². The molecule has 0 radical (unpaired) electrons. The van der Waals surface area contributed by atoms with Crippen LogP contribution < -0.4 is 15.1 Å². The predicted octanol–water partition coefficient (Wildman–Crippen LogP) is 2.78. The highest BCUT2D eigenvalue weighted by molar-refractivity contribution is 5.72. The fraction of sp³-hybridized carbons (Fsp3) is 0.409. The highest BCUT2D eigenvalue weighted by atomic mass is 19.1. The van der Waals surface area contributed by atoms with Crippen LogP contribution in [-0.2, 0) is 0 Å². The Hall–Kier alpha value is -3.18. The second-order valence-corrected chi connectivity index (χ2v) is 7.61. The van der Waals surface area contributed by atoms with Crippen LogP contribution in [0.3, 0.4) is 0 Å². The van der Waals surface area contributed by atoms with Gasteiger partial charge < -0.3 is 20.2 Å². The van der Waals surface area contributed by atoms with Crippen LogP contribution in [-0.4, -0.2) is 54.4 Å². The van der Waals surface area contributed by atoms with Crippen molar-refractivity contribution >= 4 is 23.2 Å². The third-order valence-electron chi connectivity index (χ3n) is 5.53. The van der Waals surface area contributed by atoms with Crippen LogP contribution in [0.5, 0.6) is 0 Å². The number of hydrogen-bond donors (Lipinski definition) is 2. The lowest BCUT2D eigenvalue weighted by Gasteiger charge is -2.30. The number of nitrogens with one attached hydrogen (secondary N) is 1. The van der Waals surface area contributed by atoms with Crippen LogP contribution in [0.15, 0.2) is 30.3 Å². The molecule has 1 aliphatic heterocycles. The summed E-state index contributed by atoms with van der Waals surface area (Å²) < 4.78 is 13.2. The van der Waals surface area contributed by atoms with Crippen molar-refractivity contribution in [2.75, 3.05) is 48.4 Å². The summed E-state index contributed by atoms with van der Waals surface area (Å²) in [6, 6.07) is 9.24. The van der Waals surface area contributed by atoms with Crippen LogP contribution in [0, 0.1) is 17.1 Å². The summed E-state index contributed by atoms with van der Waals surface area (Å²) in [6.45, 7) is 1.61. The van der Waals surface area contributed by atoms with E-state index in [1.54, 1.807) is 12.1 Å². The Morgan fingerprint density at radius 3 is 2.67 bits per heavy atom. The molecule has 1 aliphatic carbocycles. The lowest BCUT2D eigenvalue weighted by Crippen LogP contribution is -2.32. The minimum Gasteiger partial charge on any atom is -0.395 e. The fourth-order valence-electron chi connectivity index (χ4n) is 3.69. The second-order valence-electron chi connectivity index (χ2n) is 7.61. The van der Waals surface area contributed by atoms with Crippen LogP contribution in [0.1, 0.15) is 30.4 Å². The van der Waals surface area contributed by atoms with E-state index in [9.17, 15) is 9.65 Å². The van der Waals surface area contributed by atoms with Crippen LogP contribution in [0.4, 0.5) is 22.0 Å². The first-order chi connectivity index (χ1) is 14.6. The van der Waals surface area contributed by atoms with E-state index >= 15 is 0 Å². The van der Waals surface area contributed by atoms with Gasteiger partial charge in [0.05, 0.1) is 6.61 Å². The number of halogens is 1. The number of aliphatic hydroxyl groups excluding tert-OH is 1. The molecule has 0 atom stereocenters. The van der Waals surface area contributed by atoms with E-state index < -0.39 is 0 Å². The summed E-state index contributed by atoms with van der Waals surface area (Å²) in [6.07, 6.45) is 5.06. The van der Waals surface area contributed by atoms with E-state index in [1.165, 1.54) is 12.1 Å². The van der Waals surface area contributed by atoms with E-state index in [2.05, 4.69) is 37.2 Å². The molecule has 2 aliphatic rings. The summed E-state index contributed by atoms with van der Waals surface area (Å²) in [5.74, 6) is 1.39.